The zero-order chi connectivity index (χ0) is 18.8. The van der Waals surface area contributed by atoms with E-state index in [1.165, 1.54) is 20.3 Å². The summed E-state index contributed by atoms with van der Waals surface area (Å²) in [7, 11) is 0. The molecule has 134 valence electrons. The number of fused-ring (bicyclic) bond motifs is 1. The van der Waals surface area contributed by atoms with Gasteiger partial charge in [-0.25, -0.2) is 0 Å². The second-order valence-corrected chi connectivity index (χ2v) is 21.2. The summed E-state index contributed by atoms with van der Waals surface area (Å²) in [5.41, 5.74) is 1.32. The van der Waals surface area contributed by atoms with Crippen molar-refractivity contribution in [3.05, 3.63) is 128 Å². The molecular weight excluding hydrogens is 533 g/mol. The minimum atomic E-state index is -3.72. The van der Waals surface area contributed by atoms with Crippen molar-refractivity contribution in [1.82, 2.24) is 2.38 Å². The summed E-state index contributed by atoms with van der Waals surface area (Å²) >= 11 is -3.72. The number of hydrogen-bond donors (Lipinski definition) is 0. The van der Waals surface area contributed by atoms with Crippen LogP contribution in [-0.4, -0.2) is 23.8 Å². The SMILES string of the molecule is c1cc[c]([Pb]([c]2ccccc2)([c]2ccccc2)[n]2ccc3ccccc32)cc1. The Bertz CT molecular complexity index is 1100. The van der Waals surface area contributed by atoms with Crippen LogP contribution in [0, 0.1) is 0 Å². The molecule has 0 aliphatic carbocycles. The van der Waals surface area contributed by atoms with Gasteiger partial charge in [-0.2, -0.15) is 0 Å². The minimum absolute atomic E-state index is 1.30. The number of hydrogen-bond acceptors (Lipinski definition) is 0. The van der Waals surface area contributed by atoms with E-state index >= 15 is 0 Å². The van der Waals surface area contributed by atoms with E-state index in [9.17, 15) is 0 Å². The second-order valence-electron chi connectivity index (χ2n) is 7.05. The van der Waals surface area contributed by atoms with Crippen LogP contribution in [0.3, 0.4) is 0 Å². The molecule has 0 fully saturated rings. The topological polar surface area (TPSA) is 4.93 Å². The third kappa shape index (κ3) is 2.73. The predicted molar refractivity (Wildman–Crippen MR) is 121 cm³/mol. The molecule has 5 aromatic rings. The van der Waals surface area contributed by atoms with Crippen LogP contribution in [-0.2, 0) is 0 Å². The van der Waals surface area contributed by atoms with Crippen LogP contribution < -0.4 is 9.37 Å². The van der Waals surface area contributed by atoms with Gasteiger partial charge in [0.1, 0.15) is 0 Å². The molecule has 0 unspecified atom stereocenters. The molecule has 0 amide bonds. The third-order valence-corrected chi connectivity index (χ3v) is 23.5. The predicted octanol–water partition coefficient (Wildman–Crippen LogP) is 4.16. The molecule has 5 rings (SSSR count). The molecule has 0 atom stereocenters. The Morgan fingerprint density at radius 2 is 0.857 bits per heavy atom. The van der Waals surface area contributed by atoms with Gasteiger partial charge in [-0.05, 0) is 0 Å². The number of nitrogens with zero attached hydrogens (tertiary/aromatic N) is 1. The molecule has 0 aliphatic heterocycles. The van der Waals surface area contributed by atoms with Crippen LogP contribution >= 0.6 is 0 Å². The van der Waals surface area contributed by atoms with Gasteiger partial charge in [0.2, 0.25) is 0 Å². The molecule has 28 heavy (non-hydrogen) atoms. The summed E-state index contributed by atoms with van der Waals surface area (Å²) in [6, 6.07) is 44.4. The fourth-order valence-electron chi connectivity index (χ4n) is 4.33. The van der Waals surface area contributed by atoms with Crippen LogP contribution in [0.25, 0.3) is 10.9 Å². The molecule has 0 radical (unpaired) electrons. The summed E-state index contributed by atoms with van der Waals surface area (Å²) in [5.74, 6) is 0. The van der Waals surface area contributed by atoms with Crippen molar-refractivity contribution in [2.24, 2.45) is 0 Å². The molecule has 4 aromatic carbocycles. The van der Waals surface area contributed by atoms with Crippen molar-refractivity contribution < 1.29 is 0 Å². The van der Waals surface area contributed by atoms with Gasteiger partial charge < -0.3 is 0 Å². The van der Waals surface area contributed by atoms with Gasteiger partial charge in [-0.3, -0.25) is 0 Å². The molecule has 1 aromatic heterocycles. The van der Waals surface area contributed by atoms with Gasteiger partial charge >= 0.3 is 172 Å². The Morgan fingerprint density at radius 1 is 0.429 bits per heavy atom. The van der Waals surface area contributed by atoms with Gasteiger partial charge in [0.15, 0.2) is 0 Å². The van der Waals surface area contributed by atoms with Crippen molar-refractivity contribution in [3.63, 3.8) is 0 Å². The van der Waals surface area contributed by atoms with Gasteiger partial charge in [0, 0.05) is 0 Å². The van der Waals surface area contributed by atoms with Crippen molar-refractivity contribution in [1.29, 1.82) is 0 Å². The first-order chi connectivity index (χ1) is 13.9. The van der Waals surface area contributed by atoms with E-state index in [1.54, 1.807) is 0 Å². The molecule has 0 spiro atoms. The molecule has 1 heterocycles. The summed E-state index contributed by atoms with van der Waals surface area (Å²) in [5, 5.41) is 1.30. The monoisotopic (exact) mass is 555 g/mol. The van der Waals surface area contributed by atoms with Crippen molar-refractivity contribution in [2.45, 2.75) is 0 Å². The quantitative estimate of drug-likeness (QED) is 0.294. The average molecular weight is 555 g/mol. The summed E-state index contributed by atoms with van der Waals surface area (Å²) in [6.45, 7) is 0. The first kappa shape index (κ1) is 17.4. The fourth-order valence-corrected chi connectivity index (χ4v) is 22.7. The van der Waals surface area contributed by atoms with Crippen LogP contribution in [0.4, 0.5) is 0 Å². The Hall–Kier alpha value is -2.66. The summed E-state index contributed by atoms with van der Waals surface area (Å²) < 4.78 is 7.04. The van der Waals surface area contributed by atoms with E-state index < -0.39 is 21.5 Å². The van der Waals surface area contributed by atoms with Crippen LogP contribution in [0.2, 0.25) is 0 Å². The molecule has 1 nitrogen and oxygen atoms in total. The van der Waals surface area contributed by atoms with E-state index in [2.05, 4.69) is 130 Å². The zero-order valence-electron chi connectivity index (χ0n) is 15.6. The molecule has 0 saturated heterocycles. The Balaban J connectivity index is 1.96. The molecule has 2 heteroatoms. The molecule has 0 N–H and O–H groups in total. The first-order valence-electron chi connectivity index (χ1n) is 9.64. The maximum absolute atomic E-state index is 3.72. The molecular formula is C26H21NPb. The zero-order valence-corrected chi connectivity index (χ0v) is 19.5. The van der Waals surface area contributed by atoms with Crippen molar-refractivity contribution in [2.75, 3.05) is 0 Å². The van der Waals surface area contributed by atoms with Gasteiger partial charge in [-0.15, -0.1) is 0 Å². The summed E-state index contributed by atoms with van der Waals surface area (Å²) in [4.78, 5) is 0. The van der Waals surface area contributed by atoms with E-state index in [0.717, 1.165) is 0 Å². The van der Waals surface area contributed by atoms with Crippen molar-refractivity contribution in [3.8, 4) is 0 Å². The van der Waals surface area contributed by atoms with Crippen molar-refractivity contribution >= 4 is 41.7 Å². The number of aromatic nitrogens is 1. The summed E-state index contributed by atoms with van der Waals surface area (Å²) in [6.07, 6.45) is 2.32. The van der Waals surface area contributed by atoms with E-state index in [4.69, 9.17) is 0 Å². The van der Waals surface area contributed by atoms with E-state index in [1.807, 2.05) is 0 Å². The van der Waals surface area contributed by atoms with Crippen LogP contribution in [0.5, 0.6) is 0 Å². The maximum atomic E-state index is 2.64. The molecule has 0 bridgehead atoms. The Morgan fingerprint density at radius 3 is 1.36 bits per heavy atom. The van der Waals surface area contributed by atoms with E-state index in [-0.39, 0.29) is 0 Å². The Labute approximate surface area is 171 Å². The number of rotatable bonds is 4. The second kappa shape index (κ2) is 7.40. The van der Waals surface area contributed by atoms with E-state index in [0.29, 0.717) is 0 Å². The Kier molecular flexibility index (Phi) is 4.61. The van der Waals surface area contributed by atoms with Gasteiger partial charge in [0.05, 0.1) is 0 Å². The average Bonchev–Trinajstić information content (AvgIpc) is 3.21. The molecule has 0 aliphatic rings. The molecule has 0 saturated carbocycles. The van der Waals surface area contributed by atoms with Crippen LogP contribution in [0.1, 0.15) is 0 Å². The van der Waals surface area contributed by atoms with Crippen LogP contribution in [0.15, 0.2) is 128 Å². The normalized spacial score (nSPS) is 11.6. The third-order valence-electron chi connectivity index (χ3n) is 5.54. The van der Waals surface area contributed by atoms with Gasteiger partial charge in [-0.1, -0.05) is 0 Å². The fraction of sp³-hybridized carbons (Fsp3) is 0. The first-order valence-corrected chi connectivity index (χ1v) is 17.2. The number of para-hydroxylation sites is 1. The number of benzene rings is 4. The standard InChI is InChI=1S/C8H6N.3C6H5.Pb/c1-2-4-8-7(3-1)5-6-9-8;3*1-2-4-6-5-3-1;/h1-6H;3*1-5H;/q-1;;;;+1. The van der Waals surface area contributed by atoms with Gasteiger partial charge in [0.25, 0.3) is 0 Å².